The number of carbonyl (C=O) groups is 2. The van der Waals surface area contributed by atoms with Crippen molar-refractivity contribution in [2.45, 2.75) is 24.9 Å². The van der Waals surface area contributed by atoms with Crippen LogP contribution in [0.4, 0.5) is 36.4 Å². The Kier molecular flexibility index (Phi) is 6.64. The van der Waals surface area contributed by atoms with Gasteiger partial charge >= 0.3 is 23.9 Å². The topological polar surface area (TPSA) is 75.5 Å². The summed E-state index contributed by atoms with van der Waals surface area (Å²) in [4.78, 5) is 24.0. The lowest BCUT2D eigenvalue weighted by molar-refractivity contribution is -0.343. The van der Waals surface area contributed by atoms with Gasteiger partial charge in [-0.05, 0) is 30.7 Å². The number of anilines is 1. The zero-order valence-electron chi connectivity index (χ0n) is 18.1. The van der Waals surface area contributed by atoms with Crippen LogP contribution in [0, 0.1) is 0 Å². The second-order valence-electron chi connectivity index (χ2n) is 7.49. The normalized spacial score (nSPS) is 13.1. The van der Waals surface area contributed by atoms with Crippen LogP contribution in [0.5, 0.6) is 0 Å². The van der Waals surface area contributed by atoms with Gasteiger partial charge < -0.3 is 9.88 Å². The molecule has 0 bridgehead atoms. The zero-order valence-corrected chi connectivity index (χ0v) is 18.1. The van der Waals surface area contributed by atoms with E-state index in [2.05, 4.69) is 10.5 Å². The molecule has 1 aromatic heterocycles. The molecule has 0 saturated carbocycles. The van der Waals surface area contributed by atoms with Crippen molar-refractivity contribution < 1.29 is 40.3 Å². The molecule has 0 aliphatic heterocycles. The molecule has 0 aliphatic carbocycles. The highest BCUT2D eigenvalue weighted by atomic mass is 19.4. The van der Waals surface area contributed by atoms with Gasteiger partial charge in [0.2, 0.25) is 0 Å². The molecular weight excluding hydrogens is 485 g/mol. The van der Waals surface area contributed by atoms with Crippen molar-refractivity contribution in [1.29, 1.82) is 0 Å². The van der Waals surface area contributed by atoms with E-state index in [4.69, 9.17) is 0 Å². The minimum Gasteiger partial charge on any atom is -0.350 e. The number of halogens is 7. The Morgan fingerprint density at radius 2 is 1.51 bits per heavy atom. The monoisotopic (exact) mass is 502 g/mol. The van der Waals surface area contributed by atoms with E-state index in [-0.39, 0.29) is 5.71 Å². The van der Waals surface area contributed by atoms with Crippen LogP contribution < -0.4 is 10.7 Å². The summed E-state index contributed by atoms with van der Waals surface area (Å²) in [6.45, 7) is 1.50. The fourth-order valence-electron chi connectivity index (χ4n) is 3.11. The van der Waals surface area contributed by atoms with E-state index in [0.717, 1.165) is 17.6 Å². The first-order valence-electron chi connectivity index (χ1n) is 9.79. The molecule has 1 heterocycles. The Hall–Kier alpha value is -3.90. The standard InChI is InChI=1S/C22H17F7N4O2/c1-12(31-32-18(34)16-11-33(2)17-6-4-3-5-15(16)17)13-7-9-14(10-8-13)30-19(35)20(23,24)21(25,26)22(27,28)29/h3-11H,1-2H3,(H,30,35)(H,32,34)/b31-12+. The number of para-hydroxylation sites is 1. The van der Waals surface area contributed by atoms with E-state index in [1.165, 1.54) is 24.4 Å². The van der Waals surface area contributed by atoms with E-state index in [9.17, 15) is 40.3 Å². The Morgan fingerprint density at radius 3 is 2.11 bits per heavy atom. The van der Waals surface area contributed by atoms with Gasteiger partial charge in [0.1, 0.15) is 0 Å². The average Bonchev–Trinajstić information content (AvgIpc) is 3.13. The quantitative estimate of drug-likeness (QED) is 0.280. The lowest BCUT2D eigenvalue weighted by Gasteiger charge is -2.27. The van der Waals surface area contributed by atoms with Gasteiger partial charge in [-0.25, -0.2) is 5.43 Å². The maximum Gasteiger partial charge on any atom is 0.460 e. The molecule has 3 aromatic rings. The van der Waals surface area contributed by atoms with Gasteiger partial charge in [-0.1, -0.05) is 30.3 Å². The first-order chi connectivity index (χ1) is 16.2. The van der Waals surface area contributed by atoms with Crippen molar-refractivity contribution in [3.63, 3.8) is 0 Å². The first-order valence-corrected chi connectivity index (χ1v) is 9.79. The minimum atomic E-state index is -6.62. The number of aryl methyl sites for hydroxylation is 1. The number of benzene rings is 2. The number of carbonyl (C=O) groups excluding carboxylic acids is 2. The van der Waals surface area contributed by atoms with Crippen molar-refractivity contribution in [2.24, 2.45) is 12.1 Å². The number of fused-ring (bicyclic) bond motifs is 1. The Morgan fingerprint density at radius 1 is 0.914 bits per heavy atom. The molecule has 2 N–H and O–H groups in total. The summed E-state index contributed by atoms with van der Waals surface area (Å²) >= 11 is 0. The van der Waals surface area contributed by atoms with Gasteiger partial charge in [0.05, 0.1) is 11.3 Å². The number of amides is 2. The van der Waals surface area contributed by atoms with Crippen LogP contribution in [0.15, 0.2) is 59.8 Å². The van der Waals surface area contributed by atoms with Crippen LogP contribution >= 0.6 is 0 Å². The third-order valence-corrected chi connectivity index (χ3v) is 5.06. The summed E-state index contributed by atoms with van der Waals surface area (Å²) in [5, 5.41) is 5.99. The molecule has 0 aliphatic rings. The van der Waals surface area contributed by atoms with Gasteiger partial charge in [0.15, 0.2) is 0 Å². The molecule has 0 unspecified atom stereocenters. The second kappa shape index (κ2) is 9.04. The SMILES string of the molecule is C/C(=N\NC(=O)c1cn(C)c2ccccc12)c1ccc(NC(=O)C(F)(F)C(F)(F)C(F)(F)F)cc1. The van der Waals surface area contributed by atoms with Gasteiger partial charge in [0.25, 0.3) is 5.91 Å². The molecule has 0 spiro atoms. The van der Waals surface area contributed by atoms with Gasteiger partial charge in [-0.3, -0.25) is 9.59 Å². The molecule has 2 aromatic carbocycles. The van der Waals surface area contributed by atoms with E-state index in [1.807, 2.05) is 12.1 Å². The molecule has 2 amide bonds. The molecule has 6 nitrogen and oxygen atoms in total. The largest absolute Gasteiger partial charge is 0.460 e. The molecular formula is C22H17F7N4O2. The van der Waals surface area contributed by atoms with Crippen LogP contribution in [0.3, 0.4) is 0 Å². The predicted octanol–water partition coefficient (Wildman–Crippen LogP) is 5.10. The zero-order chi connectivity index (χ0) is 26.2. The van der Waals surface area contributed by atoms with Gasteiger partial charge in [0, 0.05) is 29.8 Å². The maximum absolute atomic E-state index is 13.5. The Labute approximate surface area is 193 Å². The number of nitrogens with zero attached hydrogens (tertiary/aromatic N) is 2. The summed E-state index contributed by atoms with van der Waals surface area (Å²) in [6.07, 6.45) is -5.00. The third kappa shape index (κ3) is 4.84. The minimum absolute atomic E-state index is 0.255. The molecule has 0 saturated heterocycles. The van der Waals surface area contributed by atoms with Crippen LogP contribution in [0.25, 0.3) is 10.9 Å². The third-order valence-electron chi connectivity index (χ3n) is 5.06. The maximum atomic E-state index is 13.5. The number of nitrogens with one attached hydrogen (secondary N) is 2. The molecule has 35 heavy (non-hydrogen) atoms. The highest BCUT2D eigenvalue weighted by Gasteiger charge is 2.76. The predicted molar refractivity (Wildman–Crippen MR) is 114 cm³/mol. The summed E-state index contributed by atoms with van der Waals surface area (Å²) in [5.74, 6) is -15.9. The number of aromatic nitrogens is 1. The number of hydrazone groups is 1. The van der Waals surface area contributed by atoms with E-state index < -0.39 is 35.5 Å². The van der Waals surface area contributed by atoms with Gasteiger partial charge in [-0.15, -0.1) is 0 Å². The lowest BCUT2D eigenvalue weighted by Crippen LogP contribution is -2.57. The van der Waals surface area contributed by atoms with E-state index in [0.29, 0.717) is 16.5 Å². The first kappa shape index (κ1) is 25.7. The van der Waals surface area contributed by atoms with E-state index in [1.54, 1.807) is 29.9 Å². The molecule has 0 radical (unpaired) electrons. The molecule has 0 fully saturated rings. The van der Waals surface area contributed by atoms with Crippen molar-refractivity contribution >= 4 is 34.1 Å². The van der Waals surface area contributed by atoms with Crippen molar-refractivity contribution in [1.82, 2.24) is 9.99 Å². The summed E-state index contributed by atoms with van der Waals surface area (Å²) in [7, 11) is 1.77. The molecule has 186 valence electrons. The van der Waals surface area contributed by atoms with E-state index >= 15 is 0 Å². The molecule has 13 heteroatoms. The summed E-state index contributed by atoms with van der Waals surface area (Å²) < 4.78 is 91.4. The average molecular weight is 502 g/mol. The number of alkyl halides is 7. The number of hydrogen-bond acceptors (Lipinski definition) is 3. The smallest absolute Gasteiger partial charge is 0.350 e. The van der Waals surface area contributed by atoms with Crippen LogP contribution in [-0.2, 0) is 11.8 Å². The Balaban J connectivity index is 1.70. The van der Waals surface area contributed by atoms with Crippen LogP contribution in [0.2, 0.25) is 0 Å². The number of rotatable bonds is 6. The van der Waals surface area contributed by atoms with Crippen LogP contribution in [0.1, 0.15) is 22.8 Å². The summed E-state index contributed by atoms with van der Waals surface area (Å²) in [5.41, 5.74) is 3.72. The Bertz CT molecular complexity index is 1300. The highest BCUT2D eigenvalue weighted by Crippen LogP contribution is 2.46. The second-order valence-corrected chi connectivity index (χ2v) is 7.49. The summed E-state index contributed by atoms with van der Waals surface area (Å²) in [6, 6.07) is 11.7. The molecule has 3 rings (SSSR count). The molecule has 0 atom stereocenters. The van der Waals surface area contributed by atoms with Crippen molar-refractivity contribution in [3.8, 4) is 0 Å². The fraction of sp³-hybridized carbons (Fsp3) is 0.227. The van der Waals surface area contributed by atoms with Crippen molar-refractivity contribution in [2.75, 3.05) is 5.32 Å². The lowest BCUT2D eigenvalue weighted by atomic mass is 10.1. The fourth-order valence-corrected chi connectivity index (χ4v) is 3.11. The number of hydrogen-bond donors (Lipinski definition) is 2. The van der Waals surface area contributed by atoms with Crippen LogP contribution in [-0.4, -0.2) is 40.1 Å². The van der Waals surface area contributed by atoms with Gasteiger partial charge in [-0.2, -0.15) is 35.8 Å². The van der Waals surface area contributed by atoms with Crippen molar-refractivity contribution in [3.05, 3.63) is 65.9 Å². The highest BCUT2D eigenvalue weighted by molar-refractivity contribution is 6.08.